The van der Waals surface area contributed by atoms with Crippen molar-refractivity contribution < 1.29 is 9.59 Å². The lowest BCUT2D eigenvalue weighted by molar-refractivity contribution is 0.0996. The molecule has 0 spiro atoms. The number of amides is 2. The van der Waals surface area contributed by atoms with Crippen LogP contribution in [0.2, 0.25) is 0 Å². The molecule has 138 valence electrons. The highest BCUT2D eigenvalue weighted by Crippen LogP contribution is 2.31. The van der Waals surface area contributed by atoms with Gasteiger partial charge in [-0.1, -0.05) is 0 Å². The Morgan fingerprint density at radius 2 is 1.93 bits per heavy atom. The Kier molecular flexibility index (Phi) is 4.77. The smallest absolute Gasteiger partial charge is 0.275 e. The van der Waals surface area contributed by atoms with E-state index in [9.17, 15) is 9.59 Å². The van der Waals surface area contributed by atoms with E-state index in [0.717, 1.165) is 41.7 Å². The van der Waals surface area contributed by atoms with Crippen molar-refractivity contribution in [3.63, 3.8) is 0 Å². The Balaban J connectivity index is 1.70. The van der Waals surface area contributed by atoms with E-state index < -0.39 is 5.91 Å². The fourth-order valence-corrected chi connectivity index (χ4v) is 4.32. The molecule has 3 N–H and O–H groups in total. The van der Waals surface area contributed by atoms with Crippen molar-refractivity contribution in [2.45, 2.75) is 19.3 Å². The fraction of sp³-hybridized carbons (Fsp3) is 0.250. The van der Waals surface area contributed by atoms with Gasteiger partial charge >= 0.3 is 0 Å². The quantitative estimate of drug-likeness (QED) is 0.723. The maximum absolute atomic E-state index is 12.9. The van der Waals surface area contributed by atoms with Gasteiger partial charge in [0.1, 0.15) is 5.69 Å². The van der Waals surface area contributed by atoms with Crippen LogP contribution in [0.3, 0.4) is 0 Å². The minimum Gasteiger partial charge on any atom is -0.370 e. The molecule has 0 atom stereocenters. The minimum atomic E-state index is -0.519. The van der Waals surface area contributed by atoms with Crippen molar-refractivity contribution in [3.05, 3.63) is 53.2 Å². The number of nitrogens with one attached hydrogen (secondary N) is 1. The van der Waals surface area contributed by atoms with Crippen LogP contribution in [0.4, 0.5) is 11.4 Å². The van der Waals surface area contributed by atoms with Gasteiger partial charge in [0.15, 0.2) is 0 Å². The highest BCUT2D eigenvalue weighted by Gasteiger charge is 2.19. The summed E-state index contributed by atoms with van der Waals surface area (Å²) in [6.45, 7) is 1.86. The molecule has 0 bridgehead atoms. The molecular weight excluding hydrogens is 360 g/mol. The number of rotatable bonds is 4. The average molecular weight is 380 g/mol. The number of anilines is 2. The van der Waals surface area contributed by atoms with Gasteiger partial charge in [-0.05, 0) is 60.4 Å². The van der Waals surface area contributed by atoms with E-state index in [2.05, 4.69) is 15.2 Å². The second-order valence-electron chi connectivity index (χ2n) is 6.60. The van der Waals surface area contributed by atoms with E-state index in [1.54, 1.807) is 18.3 Å². The third-order valence-electron chi connectivity index (χ3n) is 4.81. The standard InChI is InChI=1S/C20H20N4O2S/c21-19(25)14-4-5-16(24-9-2-1-3-10-24)15(12-14)23-20(26)17-18-13(6-8-22-17)7-11-27-18/h4-8,11-12H,1-3,9-10H2,(H2,21,25)(H,23,26). The number of thiophene rings is 1. The molecule has 6 nitrogen and oxygen atoms in total. The van der Waals surface area contributed by atoms with Gasteiger partial charge < -0.3 is 16.0 Å². The van der Waals surface area contributed by atoms with Crippen LogP contribution in [0.5, 0.6) is 0 Å². The summed E-state index contributed by atoms with van der Waals surface area (Å²) in [5, 5.41) is 5.89. The van der Waals surface area contributed by atoms with Crippen LogP contribution in [0.15, 0.2) is 41.9 Å². The molecule has 4 rings (SSSR count). The Morgan fingerprint density at radius 3 is 2.70 bits per heavy atom. The summed E-state index contributed by atoms with van der Waals surface area (Å²) >= 11 is 1.49. The molecule has 1 saturated heterocycles. The molecule has 0 saturated carbocycles. The van der Waals surface area contributed by atoms with Crippen molar-refractivity contribution in [3.8, 4) is 0 Å². The van der Waals surface area contributed by atoms with E-state index in [4.69, 9.17) is 5.73 Å². The predicted octanol–water partition coefficient (Wildman–Crippen LogP) is 3.64. The van der Waals surface area contributed by atoms with Gasteiger partial charge in [-0.3, -0.25) is 9.59 Å². The Labute approximate surface area is 161 Å². The molecule has 3 heterocycles. The summed E-state index contributed by atoms with van der Waals surface area (Å²) in [6, 6.07) is 9.07. The fourth-order valence-electron chi connectivity index (χ4n) is 3.44. The largest absolute Gasteiger partial charge is 0.370 e. The molecule has 2 amide bonds. The van der Waals surface area contributed by atoms with Crippen LogP contribution in [-0.2, 0) is 0 Å². The predicted molar refractivity (Wildman–Crippen MR) is 109 cm³/mol. The molecule has 2 aromatic heterocycles. The van der Waals surface area contributed by atoms with Crippen LogP contribution >= 0.6 is 11.3 Å². The number of fused-ring (bicyclic) bond motifs is 1. The van der Waals surface area contributed by atoms with Gasteiger partial charge in [-0.2, -0.15) is 0 Å². The van der Waals surface area contributed by atoms with Crippen LogP contribution in [0, 0.1) is 0 Å². The number of pyridine rings is 1. The van der Waals surface area contributed by atoms with E-state index in [0.29, 0.717) is 16.9 Å². The second kappa shape index (κ2) is 7.36. The first-order chi connectivity index (χ1) is 13.1. The van der Waals surface area contributed by atoms with Gasteiger partial charge in [0.05, 0.1) is 16.1 Å². The lowest BCUT2D eigenvalue weighted by atomic mass is 10.1. The zero-order valence-corrected chi connectivity index (χ0v) is 15.6. The molecule has 7 heteroatoms. The van der Waals surface area contributed by atoms with Gasteiger partial charge in [-0.15, -0.1) is 11.3 Å². The number of piperidine rings is 1. The summed E-state index contributed by atoms with van der Waals surface area (Å²) < 4.78 is 0.848. The highest BCUT2D eigenvalue weighted by molar-refractivity contribution is 7.17. The maximum atomic E-state index is 12.9. The number of carbonyl (C=O) groups excluding carboxylic acids is 2. The Bertz CT molecular complexity index is 1010. The Morgan fingerprint density at radius 1 is 1.11 bits per heavy atom. The molecule has 1 aliphatic rings. The molecule has 1 fully saturated rings. The number of aromatic nitrogens is 1. The molecule has 3 aromatic rings. The van der Waals surface area contributed by atoms with E-state index in [1.165, 1.54) is 17.8 Å². The monoisotopic (exact) mass is 380 g/mol. The summed E-state index contributed by atoms with van der Waals surface area (Å²) in [5.41, 5.74) is 7.69. The summed E-state index contributed by atoms with van der Waals surface area (Å²) in [7, 11) is 0. The van der Waals surface area contributed by atoms with Crippen molar-refractivity contribution >= 4 is 44.6 Å². The molecular formula is C20H20N4O2S. The van der Waals surface area contributed by atoms with Gasteiger partial charge in [0, 0.05) is 24.8 Å². The van der Waals surface area contributed by atoms with Crippen molar-refractivity contribution in [1.82, 2.24) is 4.98 Å². The first-order valence-corrected chi connectivity index (χ1v) is 9.84. The number of primary amides is 1. The summed E-state index contributed by atoms with van der Waals surface area (Å²) in [4.78, 5) is 31.1. The Hall–Kier alpha value is -2.93. The number of hydrogen-bond acceptors (Lipinski definition) is 5. The number of nitrogens with two attached hydrogens (primary N) is 1. The van der Waals surface area contributed by atoms with Crippen LogP contribution in [-0.4, -0.2) is 29.9 Å². The SMILES string of the molecule is NC(=O)c1ccc(N2CCCCC2)c(NC(=O)c2nccc3ccsc23)c1. The lowest BCUT2D eigenvalue weighted by Gasteiger charge is -2.30. The van der Waals surface area contributed by atoms with Gasteiger partial charge in [-0.25, -0.2) is 4.98 Å². The molecule has 0 radical (unpaired) electrons. The first kappa shape index (κ1) is 17.5. The average Bonchev–Trinajstić information content (AvgIpc) is 3.17. The van der Waals surface area contributed by atoms with Gasteiger partial charge in [0.2, 0.25) is 5.91 Å². The third-order valence-corrected chi connectivity index (χ3v) is 5.75. The number of nitrogens with zero attached hydrogens (tertiary/aromatic N) is 2. The minimum absolute atomic E-state index is 0.289. The molecule has 27 heavy (non-hydrogen) atoms. The normalized spacial score (nSPS) is 14.3. The van der Waals surface area contributed by atoms with Crippen LogP contribution in [0.25, 0.3) is 10.1 Å². The lowest BCUT2D eigenvalue weighted by Crippen LogP contribution is -2.30. The van der Waals surface area contributed by atoms with Crippen molar-refractivity contribution in [2.24, 2.45) is 5.73 Å². The van der Waals surface area contributed by atoms with Crippen LogP contribution < -0.4 is 16.0 Å². The number of benzene rings is 1. The zero-order valence-electron chi connectivity index (χ0n) is 14.8. The van der Waals surface area contributed by atoms with Gasteiger partial charge in [0.25, 0.3) is 5.91 Å². The third kappa shape index (κ3) is 3.50. The second-order valence-corrected chi connectivity index (χ2v) is 7.51. The van der Waals surface area contributed by atoms with Crippen LogP contribution in [0.1, 0.15) is 40.1 Å². The van der Waals surface area contributed by atoms with E-state index in [-0.39, 0.29) is 5.91 Å². The zero-order chi connectivity index (χ0) is 18.8. The molecule has 1 aromatic carbocycles. The summed E-state index contributed by atoms with van der Waals surface area (Å²) in [5.74, 6) is -0.808. The summed E-state index contributed by atoms with van der Waals surface area (Å²) in [6.07, 6.45) is 5.07. The maximum Gasteiger partial charge on any atom is 0.275 e. The van der Waals surface area contributed by atoms with Crippen molar-refractivity contribution in [1.29, 1.82) is 0 Å². The number of carbonyl (C=O) groups is 2. The van der Waals surface area contributed by atoms with E-state index in [1.807, 2.05) is 23.6 Å². The van der Waals surface area contributed by atoms with E-state index >= 15 is 0 Å². The number of hydrogen-bond donors (Lipinski definition) is 2. The molecule has 0 unspecified atom stereocenters. The molecule has 0 aliphatic carbocycles. The first-order valence-electron chi connectivity index (χ1n) is 8.96. The highest BCUT2D eigenvalue weighted by atomic mass is 32.1. The topological polar surface area (TPSA) is 88.3 Å². The van der Waals surface area contributed by atoms with Crippen molar-refractivity contribution in [2.75, 3.05) is 23.3 Å². The molecule has 1 aliphatic heterocycles.